The number of esters is 1. The van der Waals surface area contributed by atoms with Crippen molar-refractivity contribution in [1.29, 1.82) is 0 Å². The van der Waals surface area contributed by atoms with Gasteiger partial charge in [0.1, 0.15) is 11.5 Å². The third-order valence-corrected chi connectivity index (χ3v) is 4.46. The zero-order valence-electron chi connectivity index (χ0n) is 13.6. The van der Waals surface area contributed by atoms with Gasteiger partial charge in [-0.25, -0.2) is 0 Å². The molecule has 0 aliphatic carbocycles. The summed E-state index contributed by atoms with van der Waals surface area (Å²) in [5.41, 5.74) is -0.555. The number of fused-ring (bicyclic) bond motifs is 2. The highest BCUT2D eigenvalue weighted by molar-refractivity contribution is 6.08. The number of ether oxygens (including phenoxy) is 1. The molecule has 0 unspecified atom stereocenters. The van der Waals surface area contributed by atoms with Crippen LogP contribution < -0.4 is 4.74 Å². The summed E-state index contributed by atoms with van der Waals surface area (Å²) < 4.78 is 5.80. The van der Waals surface area contributed by atoms with Gasteiger partial charge in [-0.05, 0) is 37.8 Å². The molecule has 0 bridgehead atoms. The SMILES string of the molecule is CCC(C)(C)C(=O)Oc1c2ccccc2cc2c(O)cccc12. The minimum absolute atomic E-state index is 0.181. The second-order valence-corrected chi connectivity index (χ2v) is 6.43. The zero-order chi connectivity index (χ0) is 16.6. The third kappa shape index (κ3) is 2.63. The first-order chi connectivity index (χ1) is 10.9. The number of benzene rings is 3. The molecular formula is C20H20O3. The van der Waals surface area contributed by atoms with Crippen LogP contribution in [0.2, 0.25) is 0 Å². The molecule has 0 atom stereocenters. The molecule has 1 N–H and O–H groups in total. The van der Waals surface area contributed by atoms with E-state index in [0.29, 0.717) is 17.6 Å². The van der Waals surface area contributed by atoms with Gasteiger partial charge < -0.3 is 9.84 Å². The molecule has 0 saturated carbocycles. The van der Waals surface area contributed by atoms with Crippen molar-refractivity contribution >= 4 is 27.5 Å². The van der Waals surface area contributed by atoms with Crippen molar-refractivity contribution in [3.63, 3.8) is 0 Å². The van der Waals surface area contributed by atoms with Gasteiger partial charge in [0.05, 0.1) is 5.41 Å². The summed E-state index contributed by atoms with van der Waals surface area (Å²) in [7, 11) is 0. The van der Waals surface area contributed by atoms with Gasteiger partial charge in [0, 0.05) is 16.2 Å². The van der Waals surface area contributed by atoms with Crippen molar-refractivity contribution in [3.8, 4) is 11.5 Å². The minimum Gasteiger partial charge on any atom is -0.507 e. The molecule has 3 nitrogen and oxygen atoms in total. The molecule has 0 aromatic heterocycles. The number of hydrogen-bond acceptors (Lipinski definition) is 3. The topological polar surface area (TPSA) is 46.5 Å². The van der Waals surface area contributed by atoms with E-state index in [9.17, 15) is 9.90 Å². The maximum Gasteiger partial charge on any atom is 0.316 e. The molecule has 3 rings (SSSR count). The van der Waals surface area contributed by atoms with Crippen LogP contribution in [-0.2, 0) is 4.79 Å². The monoisotopic (exact) mass is 308 g/mol. The van der Waals surface area contributed by atoms with Crippen LogP contribution in [0.3, 0.4) is 0 Å². The summed E-state index contributed by atoms with van der Waals surface area (Å²) in [6, 6.07) is 14.9. The molecule has 0 amide bonds. The Bertz CT molecular complexity index is 894. The molecule has 3 aromatic carbocycles. The summed E-state index contributed by atoms with van der Waals surface area (Å²) in [4.78, 5) is 12.6. The van der Waals surface area contributed by atoms with Gasteiger partial charge in [0.15, 0.2) is 0 Å². The van der Waals surface area contributed by atoms with Crippen LogP contribution in [0.1, 0.15) is 27.2 Å². The van der Waals surface area contributed by atoms with Crippen molar-refractivity contribution in [1.82, 2.24) is 0 Å². The molecule has 0 heterocycles. The minimum atomic E-state index is -0.555. The largest absolute Gasteiger partial charge is 0.507 e. The molecule has 3 heteroatoms. The van der Waals surface area contributed by atoms with E-state index in [1.807, 2.05) is 57.2 Å². The second-order valence-electron chi connectivity index (χ2n) is 6.43. The number of carbonyl (C=O) groups is 1. The van der Waals surface area contributed by atoms with E-state index in [1.54, 1.807) is 12.1 Å². The van der Waals surface area contributed by atoms with E-state index in [0.717, 1.165) is 16.2 Å². The highest BCUT2D eigenvalue weighted by Crippen LogP contribution is 2.39. The van der Waals surface area contributed by atoms with Gasteiger partial charge in [-0.3, -0.25) is 4.79 Å². The predicted octanol–water partition coefficient (Wildman–Crippen LogP) is 5.04. The molecule has 0 spiro atoms. The Balaban J connectivity index is 2.27. The van der Waals surface area contributed by atoms with E-state index >= 15 is 0 Å². The lowest BCUT2D eigenvalue weighted by Gasteiger charge is -2.21. The van der Waals surface area contributed by atoms with Gasteiger partial charge in [-0.1, -0.05) is 43.3 Å². The fourth-order valence-corrected chi connectivity index (χ4v) is 2.52. The Labute approximate surface area is 135 Å². The zero-order valence-corrected chi connectivity index (χ0v) is 13.6. The molecule has 118 valence electrons. The quantitative estimate of drug-likeness (QED) is 0.419. The molecule has 0 radical (unpaired) electrons. The van der Waals surface area contributed by atoms with Crippen LogP contribution in [0.25, 0.3) is 21.5 Å². The first kappa shape index (κ1) is 15.3. The number of carbonyl (C=O) groups excluding carboxylic acids is 1. The van der Waals surface area contributed by atoms with E-state index < -0.39 is 5.41 Å². The average molecular weight is 308 g/mol. The summed E-state index contributed by atoms with van der Waals surface area (Å²) in [6.07, 6.45) is 0.694. The number of rotatable bonds is 3. The lowest BCUT2D eigenvalue weighted by Crippen LogP contribution is -2.28. The summed E-state index contributed by atoms with van der Waals surface area (Å²) in [6.45, 7) is 5.72. The fraction of sp³-hybridized carbons (Fsp3) is 0.250. The first-order valence-corrected chi connectivity index (χ1v) is 7.80. The van der Waals surface area contributed by atoms with Crippen molar-refractivity contribution < 1.29 is 14.6 Å². The van der Waals surface area contributed by atoms with Gasteiger partial charge in [-0.2, -0.15) is 0 Å². The van der Waals surface area contributed by atoms with Crippen LogP contribution in [0.15, 0.2) is 48.5 Å². The predicted molar refractivity (Wildman–Crippen MR) is 92.8 cm³/mol. The first-order valence-electron chi connectivity index (χ1n) is 7.80. The van der Waals surface area contributed by atoms with E-state index in [4.69, 9.17) is 4.74 Å². The molecule has 0 aliphatic rings. The van der Waals surface area contributed by atoms with Crippen molar-refractivity contribution in [3.05, 3.63) is 48.5 Å². The summed E-state index contributed by atoms with van der Waals surface area (Å²) in [5, 5.41) is 13.4. The maximum atomic E-state index is 12.6. The lowest BCUT2D eigenvalue weighted by atomic mass is 9.90. The number of phenols is 1. The van der Waals surface area contributed by atoms with Crippen LogP contribution >= 0.6 is 0 Å². The fourth-order valence-electron chi connectivity index (χ4n) is 2.52. The van der Waals surface area contributed by atoms with Crippen molar-refractivity contribution in [2.45, 2.75) is 27.2 Å². The van der Waals surface area contributed by atoms with E-state index in [1.165, 1.54) is 0 Å². The smallest absolute Gasteiger partial charge is 0.316 e. The molecule has 3 aromatic rings. The Morgan fingerprint density at radius 3 is 2.48 bits per heavy atom. The van der Waals surface area contributed by atoms with E-state index in [2.05, 4.69) is 0 Å². The van der Waals surface area contributed by atoms with Crippen LogP contribution in [-0.4, -0.2) is 11.1 Å². The van der Waals surface area contributed by atoms with Crippen molar-refractivity contribution in [2.24, 2.45) is 5.41 Å². The number of hydrogen-bond donors (Lipinski definition) is 1. The Morgan fingerprint density at radius 2 is 1.74 bits per heavy atom. The van der Waals surface area contributed by atoms with Crippen molar-refractivity contribution in [2.75, 3.05) is 0 Å². The Morgan fingerprint density at radius 1 is 1.04 bits per heavy atom. The normalized spacial score (nSPS) is 11.8. The number of aromatic hydroxyl groups is 1. The van der Waals surface area contributed by atoms with Crippen LogP contribution in [0.5, 0.6) is 11.5 Å². The van der Waals surface area contributed by atoms with Gasteiger partial charge in [0.25, 0.3) is 0 Å². The molecule has 0 fully saturated rings. The summed E-state index contributed by atoms with van der Waals surface area (Å²) in [5.74, 6) is 0.432. The van der Waals surface area contributed by atoms with Gasteiger partial charge >= 0.3 is 5.97 Å². The molecule has 0 saturated heterocycles. The average Bonchev–Trinajstić information content (AvgIpc) is 2.55. The lowest BCUT2D eigenvalue weighted by molar-refractivity contribution is -0.143. The second kappa shape index (κ2) is 5.58. The summed E-state index contributed by atoms with van der Waals surface area (Å²) >= 11 is 0. The van der Waals surface area contributed by atoms with E-state index in [-0.39, 0.29) is 11.7 Å². The highest BCUT2D eigenvalue weighted by atomic mass is 16.5. The van der Waals surface area contributed by atoms with Crippen LogP contribution in [0.4, 0.5) is 0 Å². The Hall–Kier alpha value is -2.55. The number of phenolic OH excluding ortho intramolecular Hbond substituents is 1. The van der Waals surface area contributed by atoms with Gasteiger partial charge in [-0.15, -0.1) is 0 Å². The molecule has 23 heavy (non-hydrogen) atoms. The molecule has 0 aliphatic heterocycles. The third-order valence-electron chi connectivity index (χ3n) is 4.46. The standard InChI is InChI=1S/C20H20O3/c1-4-20(2,3)19(22)23-18-14-9-6-5-8-13(14)12-16-15(18)10-7-11-17(16)21/h5-12,21H,4H2,1-3H3. The van der Waals surface area contributed by atoms with Crippen LogP contribution in [0, 0.1) is 5.41 Å². The van der Waals surface area contributed by atoms with Gasteiger partial charge in [0.2, 0.25) is 0 Å². The Kier molecular flexibility index (Phi) is 3.72. The maximum absolute atomic E-state index is 12.6. The molecular weight excluding hydrogens is 288 g/mol. The highest BCUT2D eigenvalue weighted by Gasteiger charge is 2.28.